The first-order chi connectivity index (χ1) is 8.56. The first-order valence-corrected chi connectivity index (χ1v) is 5.91. The highest BCUT2D eigenvalue weighted by Gasteiger charge is 2.22. The molecule has 1 aliphatic carbocycles. The van der Waals surface area contributed by atoms with E-state index in [1.54, 1.807) is 6.07 Å². The van der Waals surface area contributed by atoms with Gasteiger partial charge in [-0.2, -0.15) is 0 Å². The van der Waals surface area contributed by atoms with Crippen LogP contribution in [0.15, 0.2) is 16.9 Å². The van der Waals surface area contributed by atoms with Crippen LogP contribution in [-0.2, 0) is 12.8 Å². The molecule has 1 aromatic carbocycles. The van der Waals surface area contributed by atoms with Gasteiger partial charge in [0.15, 0.2) is 0 Å². The fourth-order valence-corrected chi connectivity index (χ4v) is 2.51. The van der Waals surface area contributed by atoms with E-state index in [9.17, 15) is 4.79 Å². The van der Waals surface area contributed by atoms with E-state index in [4.69, 9.17) is 23.1 Å². The molecular weight excluding hydrogens is 252 g/mol. The Morgan fingerprint density at radius 2 is 2.06 bits per heavy atom. The van der Waals surface area contributed by atoms with Gasteiger partial charge in [-0.3, -0.25) is 9.78 Å². The second-order valence-corrected chi connectivity index (χ2v) is 4.71. The number of nitrogens with two attached hydrogens (primary N) is 2. The molecule has 5 nitrogen and oxygen atoms in total. The van der Waals surface area contributed by atoms with E-state index in [0.717, 1.165) is 17.5 Å². The minimum absolute atomic E-state index is 0.143. The molecule has 5 N–H and O–H groups in total. The molecule has 1 heterocycles. The maximum Gasteiger partial charge on any atom is 0.260 e. The summed E-state index contributed by atoms with van der Waals surface area (Å²) in [5.74, 6) is 0.143. The molecule has 18 heavy (non-hydrogen) atoms. The molecule has 0 unspecified atom stereocenters. The monoisotopic (exact) mass is 262 g/mol. The van der Waals surface area contributed by atoms with Gasteiger partial charge in [0, 0.05) is 0 Å². The molecule has 2 aromatic rings. The maximum atomic E-state index is 12.0. The summed E-state index contributed by atoms with van der Waals surface area (Å²) in [6, 6.07) is 3.54. The van der Waals surface area contributed by atoms with Crippen LogP contribution in [-0.4, -0.2) is 9.97 Å². The predicted molar refractivity (Wildman–Crippen MR) is 71.5 cm³/mol. The van der Waals surface area contributed by atoms with Crippen LogP contribution in [0.5, 0.6) is 0 Å². The lowest BCUT2D eigenvalue weighted by Crippen LogP contribution is -2.20. The van der Waals surface area contributed by atoms with Crippen molar-refractivity contribution in [3.05, 3.63) is 38.8 Å². The minimum Gasteiger partial charge on any atom is -0.398 e. The Hall–Kier alpha value is -2.01. The molecule has 3 rings (SSSR count). The van der Waals surface area contributed by atoms with Gasteiger partial charge in [0.05, 0.1) is 22.0 Å². The Morgan fingerprint density at radius 3 is 2.83 bits per heavy atom. The van der Waals surface area contributed by atoms with Gasteiger partial charge in [0.1, 0.15) is 0 Å². The number of aryl methyl sites for hydroxylation is 2. The highest BCUT2D eigenvalue weighted by Crippen LogP contribution is 2.34. The molecule has 0 atom stereocenters. The second kappa shape index (κ2) is 3.74. The third kappa shape index (κ3) is 1.55. The number of nitrogen functional groups attached to an aromatic ring is 2. The zero-order valence-corrected chi connectivity index (χ0v) is 10.2. The van der Waals surface area contributed by atoms with Crippen molar-refractivity contribution in [3.63, 3.8) is 0 Å². The number of hydrogen-bond donors (Lipinski definition) is 3. The first kappa shape index (κ1) is 11.1. The summed E-state index contributed by atoms with van der Waals surface area (Å²) in [4.78, 5) is 18.7. The van der Waals surface area contributed by atoms with Crippen molar-refractivity contribution in [2.45, 2.75) is 12.8 Å². The third-order valence-electron chi connectivity index (χ3n) is 3.14. The molecule has 1 aliphatic rings. The largest absolute Gasteiger partial charge is 0.398 e. The van der Waals surface area contributed by atoms with E-state index < -0.39 is 0 Å². The first-order valence-electron chi connectivity index (χ1n) is 5.53. The van der Waals surface area contributed by atoms with E-state index in [2.05, 4.69) is 9.97 Å². The van der Waals surface area contributed by atoms with Crippen LogP contribution in [0.1, 0.15) is 11.3 Å². The van der Waals surface area contributed by atoms with Crippen molar-refractivity contribution < 1.29 is 0 Å². The van der Waals surface area contributed by atoms with Crippen LogP contribution in [0.25, 0.3) is 11.1 Å². The smallest absolute Gasteiger partial charge is 0.260 e. The minimum atomic E-state index is -0.236. The van der Waals surface area contributed by atoms with E-state index in [1.807, 2.05) is 6.07 Å². The number of H-pyrrole nitrogens is 1. The van der Waals surface area contributed by atoms with Crippen LogP contribution >= 0.6 is 11.6 Å². The van der Waals surface area contributed by atoms with Gasteiger partial charge in [-0.1, -0.05) is 11.6 Å². The van der Waals surface area contributed by atoms with E-state index in [1.165, 1.54) is 0 Å². The van der Waals surface area contributed by atoms with E-state index >= 15 is 0 Å². The Morgan fingerprint density at radius 1 is 1.28 bits per heavy atom. The van der Waals surface area contributed by atoms with Crippen molar-refractivity contribution in [1.29, 1.82) is 0 Å². The van der Waals surface area contributed by atoms with Crippen LogP contribution in [0.3, 0.4) is 0 Å². The standard InChI is InChI=1S/C12H11ClN4O/c13-7-3-5-1-2-9-10(6(5)4-8(7)14)11(18)17-12(15)16-9/h3-4H,1-2,14H2,(H3,15,16,17,18). The number of nitrogens with one attached hydrogen (secondary N) is 1. The molecule has 0 saturated heterocycles. The molecule has 0 amide bonds. The normalized spacial score (nSPS) is 12.9. The molecular formula is C12H11ClN4O. The number of aromatic amines is 1. The molecule has 0 spiro atoms. The van der Waals surface area contributed by atoms with Crippen molar-refractivity contribution in [2.75, 3.05) is 11.5 Å². The zero-order chi connectivity index (χ0) is 12.9. The quantitative estimate of drug-likeness (QED) is 0.624. The average molecular weight is 263 g/mol. The lowest BCUT2D eigenvalue weighted by molar-refractivity contribution is 0.880. The molecule has 1 aromatic heterocycles. The molecule has 0 radical (unpaired) electrons. The Bertz CT molecular complexity index is 708. The van der Waals surface area contributed by atoms with Crippen molar-refractivity contribution >= 4 is 23.2 Å². The van der Waals surface area contributed by atoms with Gasteiger partial charge in [0.2, 0.25) is 5.95 Å². The number of hydrogen-bond acceptors (Lipinski definition) is 4. The summed E-state index contributed by atoms with van der Waals surface area (Å²) in [6.45, 7) is 0. The van der Waals surface area contributed by atoms with Gasteiger partial charge in [-0.25, -0.2) is 4.98 Å². The number of benzene rings is 1. The molecule has 0 aliphatic heterocycles. The number of halogens is 1. The van der Waals surface area contributed by atoms with Crippen LogP contribution in [0, 0.1) is 0 Å². The Kier molecular flexibility index (Phi) is 2.31. The molecule has 0 fully saturated rings. The Labute approximate surface area is 108 Å². The average Bonchev–Trinajstić information content (AvgIpc) is 2.30. The SMILES string of the molecule is Nc1nc2c(c(=O)[nH]1)-c1cc(N)c(Cl)cc1CC2. The molecule has 92 valence electrons. The molecule has 0 saturated carbocycles. The Balaban J connectivity index is 2.35. The summed E-state index contributed by atoms with van der Waals surface area (Å²) in [7, 11) is 0. The van der Waals surface area contributed by atoms with Crippen LogP contribution < -0.4 is 17.0 Å². The lowest BCUT2D eigenvalue weighted by atomic mass is 9.89. The van der Waals surface area contributed by atoms with Crippen LogP contribution in [0.4, 0.5) is 11.6 Å². The van der Waals surface area contributed by atoms with Crippen LogP contribution in [0.2, 0.25) is 5.02 Å². The summed E-state index contributed by atoms with van der Waals surface area (Å²) in [6.07, 6.45) is 1.45. The predicted octanol–water partition coefficient (Wildman–Crippen LogP) is 1.35. The number of aromatic nitrogens is 2. The summed E-state index contributed by atoms with van der Waals surface area (Å²) >= 11 is 5.99. The van der Waals surface area contributed by atoms with Gasteiger partial charge < -0.3 is 11.5 Å². The van der Waals surface area contributed by atoms with Gasteiger partial charge >= 0.3 is 0 Å². The lowest BCUT2D eigenvalue weighted by Gasteiger charge is -2.19. The van der Waals surface area contributed by atoms with E-state index in [0.29, 0.717) is 28.4 Å². The summed E-state index contributed by atoms with van der Waals surface area (Å²) in [5, 5.41) is 0.511. The number of anilines is 2. The molecule has 0 bridgehead atoms. The zero-order valence-electron chi connectivity index (χ0n) is 9.46. The highest BCUT2D eigenvalue weighted by atomic mass is 35.5. The van der Waals surface area contributed by atoms with Crippen molar-refractivity contribution in [2.24, 2.45) is 0 Å². The summed E-state index contributed by atoms with van der Waals surface area (Å²) in [5.41, 5.74) is 14.6. The number of rotatable bonds is 0. The summed E-state index contributed by atoms with van der Waals surface area (Å²) < 4.78 is 0. The van der Waals surface area contributed by atoms with E-state index in [-0.39, 0.29) is 11.5 Å². The number of nitrogens with zero attached hydrogens (tertiary/aromatic N) is 1. The van der Waals surface area contributed by atoms with Crippen molar-refractivity contribution in [3.8, 4) is 11.1 Å². The fourth-order valence-electron chi connectivity index (χ4n) is 2.32. The topological polar surface area (TPSA) is 97.8 Å². The van der Waals surface area contributed by atoms with Gasteiger partial charge in [0.25, 0.3) is 5.56 Å². The maximum absolute atomic E-state index is 12.0. The van der Waals surface area contributed by atoms with Gasteiger partial charge in [-0.05, 0) is 36.1 Å². The fraction of sp³-hybridized carbons (Fsp3) is 0.167. The second-order valence-electron chi connectivity index (χ2n) is 4.30. The number of fused-ring (bicyclic) bond motifs is 3. The highest BCUT2D eigenvalue weighted by molar-refractivity contribution is 6.33. The van der Waals surface area contributed by atoms with Gasteiger partial charge in [-0.15, -0.1) is 0 Å². The van der Waals surface area contributed by atoms with Crippen molar-refractivity contribution in [1.82, 2.24) is 9.97 Å². The third-order valence-corrected chi connectivity index (χ3v) is 3.46. The molecule has 6 heteroatoms.